The molecule has 0 saturated heterocycles. The van der Waals surface area contributed by atoms with Crippen LogP contribution in [-0.4, -0.2) is 12.6 Å². The molecule has 2 heteroatoms. The van der Waals surface area contributed by atoms with Crippen molar-refractivity contribution in [3.63, 3.8) is 0 Å². The Hall–Kier alpha value is -1.18. The van der Waals surface area contributed by atoms with Crippen molar-refractivity contribution in [3.05, 3.63) is 24.3 Å². The molecule has 0 aliphatic rings. The van der Waals surface area contributed by atoms with E-state index < -0.39 is 0 Å². The zero-order chi connectivity index (χ0) is 12.7. The summed E-state index contributed by atoms with van der Waals surface area (Å²) in [4.78, 5) is 0. The van der Waals surface area contributed by atoms with E-state index in [0.29, 0.717) is 12.0 Å². The van der Waals surface area contributed by atoms with E-state index in [1.165, 1.54) is 5.69 Å². The third-order valence-corrected chi connectivity index (χ3v) is 2.92. The van der Waals surface area contributed by atoms with E-state index in [-0.39, 0.29) is 0 Å². The van der Waals surface area contributed by atoms with Crippen LogP contribution in [-0.2, 0) is 0 Å². The van der Waals surface area contributed by atoms with Gasteiger partial charge in [-0.25, -0.2) is 0 Å². The van der Waals surface area contributed by atoms with Gasteiger partial charge in [0.15, 0.2) is 0 Å². The molecular weight excluding hydrogens is 210 g/mol. The fourth-order valence-electron chi connectivity index (χ4n) is 1.82. The maximum absolute atomic E-state index is 5.56. The standard InChI is InChI=1S/C15H25NO/c1-5-11-17-14-9-7-13(8-10-14)16-15(6-2)12(3)4/h7-10,12,15-16H,5-6,11H2,1-4H3. The van der Waals surface area contributed by atoms with Crippen LogP contribution in [0, 0.1) is 5.92 Å². The van der Waals surface area contributed by atoms with Gasteiger partial charge in [-0.05, 0) is 43.0 Å². The number of hydrogen-bond donors (Lipinski definition) is 1. The van der Waals surface area contributed by atoms with Crippen molar-refractivity contribution in [2.24, 2.45) is 5.92 Å². The van der Waals surface area contributed by atoms with Gasteiger partial charge in [0, 0.05) is 11.7 Å². The smallest absolute Gasteiger partial charge is 0.119 e. The average Bonchev–Trinajstić information content (AvgIpc) is 2.34. The van der Waals surface area contributed by atoms with Crippen LogP contribution < -0.4 is 10.1 Å². The Morgan fingerprint density at radius 3 is 2.24 bits per heavy atom. The summed E-state index contributed by atoms with van der Waals surface area (Å²) in [5, 5.41) is 3.56. The van der Waals surface area contributed by atoms with Crippen molar-refractivity contribution in [3.8, 4) is 5.75 Å². The average molecular weight is 235 g/mol. The van der Waals surface area contributed by atoms with Crippen LogP contribution in [0.2, 0.25) is 0 Å². The molecule has 0 heterocycles. The van der Waals surface area contributed by atoms with Crippen LogP contribution in [0.15, 0.2) is 24.3 Å². The topological polar surface area (TPSA) is 21.3 Å². The van der Waals surface area contributed by atoms with Crippen molar-refractivity contribution in [1.82, 2.24) is 0 Å². The molecule has 2 nitrogen and oxygen atoms in total. The lowest BCUT2D eigenvalue weighted by molar-refractivity contribution is 0.317. The summed E-state index contributed by atoms with van der Waals surface area (Å²) in [6.07, 6.45) is 2.19. The highest BCUT2D eigenvalue weighted by molar-refractivity contribution is 5.47. The second-order valence-electron chi connectivity index (χ2n) is 4.78. The van der Waals surface area contributed by atoms with E-state index in [4.69, 9.17) is 4.74 Å². The van der Waals surface area contributed by atoms with E-state index in [1.54, 1.807) is 0 Å². The Bertz CT molecular complexity index is 305. The normalized spacial score (nSPS) is 12.5. The van der Waals surface area contributed by atoms with Gasteiger partial charge in [-0.1, -0.05) is 27.7 Å². The van der Waals surface area contributed by atoms with Gasteiger partial charge in [-0.2, -0.15) is 0 Å². The molecule has 0 aliphatic carbocycles. The first-order valence-electron chi connectivity index (χ1n) is 6.66. The third kappa shape index (κ3) is 4.68. The van der Waals surface area contributed by atoms with Crippen LogP contribution in [0.25, 0.3) is 0 Å². The van der Waals surface area contributed by atoms with E-state index in [1.807, 2.05) is 12.1 Å². The summed E-state index contributed by atoms with van der Waals surface area (Å²) in [7, 11) is 0. The Morgan fingerprint density at radius 2 is 1.76 bits per heavy atom. The summed E-state index contributed by atoms with van der Waals surface area (Å²) < 4.78 is 5.56. The van der Waals surface area contributed by atoms with Gasteiger partial charge in [0.05, 0.1) is 6.61 Å². The highest BCUT2D eigenvalue weighted by atomic mass is 16.5. The molecule has 1 aromatic rings. The van der Waals surface area contributed by atoms with E-state index in [0.717, 1.165) is 25.2 Å². The number of benzene rings is 1. The van der Waals surface area contributed by atoms with Gasteiger partial charge in [0.1, 0.15) is 5.75 Å². The molecule has 0 bridgehead atoms. The zero-order valence-electron chi connectivity index (χ0n) is 11.5. The maximum atomic E-state index is 5.56. The Kier molecular flexibility index (Phi) is 5.88. The molecule has 0 spiro atoms. The molecule has 0 aliphatic heterocycles. The summed E-state index contributed by atoms with van der Waals surface area (Å²) >= 11 is 0. The van der Waals surface area contributed by atoms with Crippen LogP contribution >= 0.6 is 0 Å². The summed E-state index contributed by atoms with van der Waals surface area (Å²) in [6, 6.07) is 8.79. The zero-order valence-corrected chi connectivity index (χ0v) is 11.5. The largest absolute Gasteiger partial charge is 0.494 e. The molecule has 0 amide bonds. The SMILES string of the molecule is CCCOc1ccc(NC(CC)C(C)C)cc1. The number of ether oxygens (including phenoxy) is 1. The van der Waals surface area contributed by atoms with Gasteiger partial charge in [0.25, 0.3) is 0 Å². The highest BCUT2D eigenvalue weighted by Gasteiger charge is 2.10. The second-order valence-corrected chi connectivity index (χ2v) is 4.78. The lowest BCUT2D eigenvalue weighted by Crippen LogP contribution is -2.24. The molecule has 0 saturated carbocycles. The predicted octanol–water partition coefficient (Wildman–Crippen LogP) is 4.32. The molecule has 96 valence electrons. The first-order valence-corrected chi connectivity index (χ1v) is 6.66. The summed E-state index contributed by atoms with van der Waals surface area (Å²) in [6.45, 7) is 9.62. The summed E-state index contributed by atoms with van der Waals surface area (Å²) in [5.41, 5.74) is 1.18. The number of rotatable bonds is 7. The fraction of sp³-hybridized carbons (Fsp3) is 0.600. The lowest BCUT2D eigenvalue weighted by Gasteiger charge is -2.22. The monoisotopic (exact) mass is 235 g/mol. The van der Waals surface area contributed by atoms with Gasteiger partial charge in [-0.15, -0.1) is 0 Å². The van der Waals surface area contributed by atoms with Gasteiger partial charge in [-0.3, -0.25) is 0 Å². The fourth-order valence-corrected chi connectivity index (χ4v) is 1.82. The van der Waals surface area contributed by atoms with Crippen molar-refractivity contribution in [2.75, 3.05) is 11.9 Å². The minimum absolute atomic E-state index is 0.539. The molecular formula is C15H25NO. The molecule has 0 aromatic heterocycles. The number of anilines is 1. The Morgan fingerprint density at radius 1 is 1.12 bits per heavy atom. The Labute approximate surface area is 105 Å². The third-order valence-electron chi connectivity index (χ3n) is 2.92. The second kappa shape index (κ2) is 7.21. The van der Waals surface area contributed by atoms with E-state index in [9.17, 15) is 0 Å². The van der Waals surface area contributed by atoms with Crippen molar-refractivity contribution in [1.29, 1.82) is 0 Å². The minimum Gasteiger partial charge on any atom is -0.494 e. The van der Waals surface area contributed by atoms with E-state index >= 15 is 0 Å². The quantitative estimate of drug-likeness (QED) is 0.760. The molecule has 1 aromatic carbocycles. The lowest BCUT2D eigenvalue weighted by atomic mass is 10.0. The highest BCUT2D eigenvalue weighted by Crippen LogP contribution is 2.19. The van der Waals surface area contributed by atoms with Crippen LogP contribution in [0.4, 0.5) is 5.69 Å². The van der Waals surface area contributed by atoms with Crippen molar-refractivity contribution < 1.29 is 4.74 Å². The molecule has 1 unspecified atom stereocenters. The van der Waals surface area contributed by atoms with Gasteiger partial charge >= 0.3 is 0 Å². The summed E-state index contributed by atoms with van der Waals surface area (Å²) in [5.74, 6) is 1.60. The maximum Gasteiger partial charge on any atom is 0.119 e. The number of hydrogen-bond acceptors (Lipinski definition) is 2. The van der Waals surface area contributed by atoms with Crippen LogP contribution in [0.3, 0.4) is 0 Å². The predicted molar refractivity (Wildman–Crippen MR) is 74.8 cm³/mol. The molecule has 0 fully saturated rings. The number of nitrogens with one attached hydrogen (secondary N) is 1. The molecule has 1 rings (SSSR count). The van der Waals surface area contributed by atoms with Gasteiger partial charge < -0.3 is 10.1 Å². The van der Waals surface area contributed by atoms with Gasteiger partial charge in [0.2, 0.25) is 0 Å². The minimum atomic E-state index is 0.539. The van der Waals surface area contributed by atoms with Crippen LogP contribution in [0.5, 0.6) is 5.75 Å². The molecule has 1 atom stereocenters. The molecule has 0 radical (unpaired) electrons. The first kappa shape index (κ1) is 13.9. The van der Waals surface area contributed by atoms with E-state index in [2.05, 4.69) is 45.1 Å². The van der Waals surface area contributed by atoms with Crippen molar-refractivity contribution >= 4 is 5.69 Å². The first-order chi connectivity index (χ1) is 8.17. The molecule has 1 N–H and O–H groups in total. The Balaban J connectivity index is 2.55. The van der Waals surface area contributed by atoms with Crippen LogP contribution in [0.1, 0.15) is 40.5 Å². The van der Waals surface area contributed by atoms with Crippen molar-refractivity contribution in [2.45, 2.75) is 46.6 Å². The molecule has 17 heavy (non-hydrogen) atoms.